The van der Waals surface area contributed by atoms with Crippen LogP contribution in [0.1, 0.15) is 16.7 Å². The van der Waals surface area contributed by atoms with Gasteiger partial charge in [0.1, 0.15) is 17.3 Å². The van der Waals surface area contributed by atoms with Crippen LogP contribution in [-0.4, -0.2) is 71.6 Å². The number of rotatable bonds is 11. The van der Waals surface area contributed by atoms with Gasteiger partial charge in [0.15, 0.2) is 12.2 Å². The Hall–Kier alpha value is -8.54. The third-order valence-corrected chi connectivity index (χ3v) is 11.1. The summed E-state index contributed by atoms with van der Waals surface area (Å²) in [5.74, 6) is 0.284. The SMILES string of the molecule is O=C(Nc1ccc(C(F)(F)F)cn1)C1CN(Cc2ccc(-n3cc(-c4ccnc(NC(=O)C5CN(Cc6ccc(-n7cccn7)cc6)c6ccccc6O5)n4)cn3)cc2)c2ccccc2O1. The van der Waals surface area contributed by atoms with E-state index < -0.39 is 29.9 Å². The fourth-order valence-electron chi connectivity index (χ4n) is 7.77. The van der Waals surface area contributed by atoms with Gasteiger partial charge >= 0.3 is 6.18 Å². The summed E-state index contributed by atoms with van der Waals surface area (Å²) < 4.78 is 54.8. The smallest absolute Gasteiger partial charge is 0.417 e. The van der Waals surface area contributed by atoms with Crippen molar-refractivity contribution in [3.63, 3.8) is 0 Å². The number of hydrogen-bond donors (Lipinski definition) is 2. The fourth-order valence-corrected chi connectivity index (χ4v) is 7.77. The maximum absolute atomic E-state index is 13.7. The summed E-state index contributed by atoms with van der Waals surface area (Å²) in [5, 5.41) is 14.3. The summed E-state index contributed by atoms with van der Waals surface area (Å²) in [6.07, 6.45) is 3.05. The van der Waals surface area contributed by atoms with Gasteiger partial charge in [-0.3, -0.25) is 14.9 Å². The second-order valence-electron chi connectivity index (χ2n) is 15.5. The predicted octanol–water partition coefficient (Wildman–Crippen LogP) is 7.74. The first kappa shape index (κ1) is 41.5. The Morgan fingerprint density at radius 2 is 1.24 bits per heavy atom. The Balaban J connectivity index is 0.780. The molecule has 0 spiro atoms. The lowest BCUT2D eigenvalue weighted by molar-refractivity contribution is -0.137. The third-order valence-electron chi connectivity index (χ3n) is 11.1. The molecule has 18 heteroatoms. The highest BCUT2D eigenvalue weighted by atomic mass is 19.4. The Morgan fingerprint density at radius 1 is 0.636 bits per heavy atom. The zero-order chi connectivity index (χ0) is 45.2. The highest BCUT2D eigenvalue weighted by Gasteiger charge is 2.34. The van der Waals surface area contributed by atoms with E-state index in [2.05, 4.69) is 40.7 Å². The second-order valence-corrected chi connectivity index (χ2v) is 15.5. The van der Waals surface area contributed by atoms with Crippen LogP contribution in [0.3, 0.4) is 0 Å². The number of benzene rings is 4. The van der Waals surface area contributed by atoms with E-state index in [-0.39, 0.29) is 24.2 Å². The highest BCUT2D eigenvalue weighted by molar-refractivity contribution is 5.95. The predicted molar refractivity (Wildman–Crippen MR) is 238 cm³/mol. The Morgan fingerprint density at radius 3 is 1.82 bits per heavy atom. The molecule has 10 rings (SSSR count). The van der Waals surface area contributed by atoms with Crippen LogP contribution in [0.2, 0.25) is 0 Å². The monoisotopic (exact) mass is 889 g/mol. The van der Waals surface area contributed by atoms with Crippen molar-refractivity contribution >= 4 is 35.0 Å². The van der Waals surface area contributed by atoms with E-state index in [0.29, 0.717) is 48.6 Å². The number of carbonyl (C=O) groups is 2. The number of nitrogens with zero attached hydrogens (tertiary/aromatic N) is 9. The van der Waals surface area contributed by atoms with Gasteiger partial charge in [0.25, 0.3) is 11.8 Å². The molecule has 2 amide bonds. The summed E-state index contributed by atoms with van der Waals surface area (Å²) in [5.41, 5.74) is 5.76. The summed E-state index contributed by atoms with van der Waals surface area (Å²) in [4.78, 5) is 43.8. The quantitative estimate of drug-likeness (QED) is 0.131. The molecule has 2 aliphatic rings. The second kappa shape index (κ2) is 17.6. The first-order valence-corrected chi connectivity index (χ1v) is 20.8. The molecule has 6 heterocycles. The maximum atomic E-state index is 13.7. The summed E-state index contributed by atoms with van der Waals surface area (Å²) in [6, 6.07) is 36.4. The number of alkyl halides is 3. The molecule has 0 bridgehead atoms. The van der Waals surface area contributed by atoms with Crippen molar-refractivity contribution < 1.29 is 32.2 Å². The molecule has 0 saturated heterocycles. The van der Waals surface area contributed by atoms with Gasteiger partial charge in [-0.25, -0.2) is 24.3 Å². The Kier molecular flexibility index (Phi) is 11.0. The minimum atomic E-state index is -4.54. The Bertz CT molecular complexity index is 3000. The van der Waals surface area contributed by atoms with Gasteiger partial charge in [-0.15, -0.1) is 0 Å². The number of carbonyl (C=O) groups excluding carboxylic acids is 2. The van der Waals surface area contributed by atoms with Crippen LogP contribution >= 0.6 is 0 Å². The fraction of sp³-hybridized carbons (Fsp3) is 0.146. The number of fused-ring (bicyclic) bond motifs is 2. The van der Waals surface area contributed by atoms with Crippen molar-refractivity contribution in [2.75, 3.05) is 33.5 Å². The van der Waals surface area contributed by atoms with Crippen molar-refractivity contribution in [3.8, 4) is 34.1 Å². The largest absolute Gasteiger partial charge is 0.477 e. The van der Waals surface area contributed by atoms with Crippen molar-refractivity contribution in [2.24, 2.45) is 0 Å². The lowest BCUT2D eigenvalue weighted by atomic mass is 10.1. The highest BCUT2D eigenvalue weighted by Crippen LogP contribution is 2.36. The molecular weight excluding hydrogens is 852 g/mol. The number of aromatic nitrogens is 7. The number of amides is 2. The zero-order valence-corrected chi connectivity index (χ0v) is 34.8. The van der Waals surface area contributed by atoms with Gasteiger partial charge < -0.3 is 24.6 Å². The number of para-hydroxylation sites is 4. The summed E-state index contributed by atoms with van der Waals surface area (Å²) in [6.45, 7) is 1.47. The minimum Gasteiger partial charge on any atom is -0.477 e. The molecule has 4 aromatic carbocycles. The topological polar surface area (TPSA) is 157 Å². The van der Waals surface area contributed by atoms with Gasteiger partial charge in [0.05, 0.1) is 53.3 Å². The van der Waals surface area contributed by atoms with Crippen LogP contribution < -0.4 is 29.9 Å². The molecule has 2 atom stereocenters. The van der Waals surface area contributed by atoms with E-state index in [0.717, 1.165) is 46.0 Å². The maximum Gasteiger partial charge on any atom is 0.417 e. The van der Waals surface area contributed by atoms with E-state index in [4.69, 9.17) is 9.47 Å². The molecule has 0 fully saturated rings. The van der Waals surface area contributed by atoms with Crippen LogP contribution in [0.5, 0.6) is 11.5 Å². The van der Waals surface area contributed by atoms with Crippen molar-refractivity contribution in [1.82, 2.24) is 34.5 Å². The first-order valence-electron chi connectivity index (χ1n) is 20.8. The normalized spacial score (nSPS) is 15.5. The van der Waals surface area contributed by atoms with Crippen molar-refractivity contribution in [3.05, 3.63) is 175 Å². The average Bonchev–Trinajstić information content (AvgIpc) is 4.07. The number of pyridine rings is 1. The molecular formula is C48H38F3N11O4. The van der Waals surface area contributed by atoms with Crippen LogP contribution in [0.15, 0.2) is 159 Å². The molecule has 0 aliphatic carbocycles. The van der Waals surface area contributed by atoms with E-state index in [1.54, 1.807) is 46.2 Å². The van der Waals surface area contributed by atoms with Crippen LogP contribution in [0, 0.1) is 0 Å². The van der Waals surface area contributed by atoms with Gasteiger partial charge in [-0.2, -0.15) is 23.4 Å². The van der Waals surface area contributed by atoms with E-state index in [1.165, 1.54) is 0 Å². The first-order chi connectivity index (χ1) is 32.1. The molecule has 330 valence electrons. The van der Waals surface area contributed by atoms with Gasteiger partial charge in [-0.1, -0.05) is 48.5 Å². The van der Waals surface area contributed by atoms with Gasteiger partial charge in [0.2, 0.25) is 5.95 Å². The average molecular weight is 890 g/mol. The zero-order valence-electron chi connectivity index (χ0n) is 34.8. The standard InChI is InChI=1S/C48H38F3N11O4/c49-48(50,51)34-14-19-44(53-25-34)57-45(63)42-29-59(38-6-1-3-8-40(38)65-42)27-32-12-17-36(18-13-32)62-28-33(24-55-62)37-20-22-52-47(56-37)58-46(64)43-30-60(39-7-2-4-9-41(39)66-43)26-31-10-15-35(16-11-31)61-23-5-21-54-61/h1-25,28,42-43H,26-27,29-30H2,(H,53,57,63)(H,52,56,58,64). The third kappa shape index (κ3) is 8.96. The molecule has 2 aliphatic heterocycles. The van der Waals surface area contributed by atoms with Crippen LogP contribution in [0.25, 0.3) is 22.6 Å². The number of hydrogen-bond acceptors (Lipinski definition) is 11. The van der Waals surface area contributed by atoms with Crippen LogP contribution in [0.4, 0.5) is 36.3 Å². The van der Waals surface area contributed by atoms with Crippen LogP contribution in [-0.2, 0) is 28.9 Å². The molecule has 0 saturated carbocycles. The van der Waals surface area contributed by atoms with Crippen molar-refractivity contribution in [1.29, 1.82) is 0 Å². The lowest BCUT2D eigenvalue weighted by Gasteiger charge is -2.35. The molecule has 2 unspecified atom stereocenters. The number of anilines is 4. The minimum absolute atomic E-state index is 0.0172. The number of halogens is 3. The van der Waals surface area contributed by atoms with Crippen molar-refractivity contribution in [2.45, 2.75) is 31.5 Å². The number of ether oxygens (including phenoxy) is 2. The lowest BCUT2D eigenvalue weighted by Crippen LogP contribution is -2.46. The van der Waals surface area contributed by atoms with E-state index >= 15 is 0 Å². The summed E-state index contributed by atoms with van der Waals surface area (Å²) in [7, 11) is 0. The molecule has 66 heavy (non-hydrogen) atoms. The van der Waals surface area contributed by atoms with E-state index in [1.807, 2.05) is 108 Å². The van der Waals surface area contributed by atoms with Gasteiger partial charge in [0, 0.05) is 49.6 Å². The molecule has 4 aromatic heterocycles. The molecule has 2 N–H and O–H groups in total. The molecule has 8 aromatic rings. The molecule has 15 nitrogen and oxygen atoms in total. The van der Waals surface area contributed by atoms with Gasteiger partial charge in [-0.05, 0) is 83.9 Å². The van der Waals surface area contributed by atoms with E-state index in [9.17, 15) is 22.8 Å². The molecule has 0 radical (unpaired) electrons. The summed E-state index contributed by atoms with van der Waals surface area (Å²) >= 11 is 0. The Labute approximate surface area is 375 Å². The number of nitrogens with one attached hydrogen (secondary N) is 2.